The van der Waals surface area contributed by atoms with Gasteiger partial charge in [-0.05, 0) is 37.1 Å². The Morgan fingerprint density at radius 1 is 1.05 bits per heavy atom. The minimum atomic E-state index is 0.641. The second-order valence-electron chi connectivity index (χ2n) is 5.76. The van der Waals surface area contributed by atoms with Gasteiger partial charge in [0.05, 0.1) is 5.69 Å². The van der Waals surface area contributed by atoms with Crippen LogP contribution in [-0.2, 0) is 6.54 Å². The SMILES string of the molecule is c1ccc2c(NC3CC3)nc(CNC3CC3)cc2c1. The summed E-state index contributed by atoms with van der Waals surface area (Å²) in [5.41, 5.74) is 1.15. The molecule has 0 amide bonds. The molecule has 0 atom stereocenters. The minimum absolute atomic E-state index is 0.641. The third-order valence-corrected chi connectivity index (χ3v) is 3.86. The predicted molar refractivity (Wildman–Crippen MR) is 78.2 cm³/mol. The number of aromatic nitrogens is 1. The smallest absolute Gasteiger partial charge is 0.134 e. The molecule has 1 heterocycles. The van der Waals surface area contributed by atoms with Crippen molar-refractivity contribution in [1.29, 1.82) is 0 Å². The fourth-order valence-electron chi connectivity index (χ4n) is 2.41. The second kappa shape index (κ2) is 4.49. The monoisotopic (exact) mass is 253 g/mol. The molecule has 2 aliphatic rings. The number of hydrogen-bond donors (Lipinski definition) is 2. The van der Waals surface area contributed by atoms with Crippen LogP contribution in [0.2, 0.25) is 0 Å². The fraction of sp³-hybridized carbons (Fsp3) is 0.438. The van der Waals surface area contributed by atoms with Crippen LogP contribution >= 0.6 is 0 Å². The Morgan fingerprint density at radius 3 is 2.63 bits per heavy atom. The zero-order chi connectivity index (χ0) is 12.7. The number of hydrogen-bond acceptors (Lipinski definition) is 3. The summed E-state index contributed by atoms with van der Waals surface area (Å²) in [5.74, 6) is 1.06. The molecule has 0 saturated heterocycles. The Kier molecular flexibility index (Phi) is 2.66. The third kappa shape index (κ3) is 2.56. The molecule has 98 valence electrons. The summed E-state index contributed by atoms with van der Waals surface area (Å²) in [7, 11) is 0. The van der Waals surface area contributed by atoms with Gasteiger partial charge in [-0.15, -0.1) is 0 Å². The zero-order valence-electron chi connectivity index (χ0n) is 11.0. The largest absolute Gasteiger partial charge is 0.367 e. The highest BCUT2D eigenvalue weighted by Crippen LogP contribution is 2.29. The summed E-state index contributed by atoms with van der Waals surface area (Å²) < 4.78 is 0. The van der Waals surface area contributed by atoms with Gasteiger partial charge in [0.15, 0.2) is 0 Å². The molecule has 2 aromatic rings. The van der Waals surface area contributed by atoms with Crippen molar-refractivity contribution in [2.75, 3.05) is 5.32 Å². The van der Waals surface area contributed by atoms with Gasteiger partial charge in [0.25, 0.3) is 0 Å². The first kappa shape index (κ1) is 11.2. The maximum Gasteiger partial charge on any atom is 0.134 e. The van der Waals surface area contributed by atoms with Crippen LogP contribution in [0.4, 0.5) is 5.82 Å². The summed E-state index contributed by atoms with van der Waals surface area (Å²) in [6.45, 7) is 0.884. The van der Waals surface area contributed by atoms with Gasteiger partial charge in [0.2, 0.25) is 0 Å². The van der Waals surface area contributed by atoms with Crippen LogP contribution in [0, 0.1) is 0 Å². The molecular formula is C16H19N3. The van der Waals surface area contributed by atoms with E-state index >= 15 is 0 Å². The van der Waals surface area contributed by atoms with Crippen LogP contribution in [0.5, 0.6) is 0 Å². The second-order valence-corrected chi connectivity index (χ2v) is 5.76. The predicted octanol–water partition coefficient (Wildman–Crippen LogP) is 3.06. The van der Waals surface area contributed by atoms with Crippen LogP contribution in [0.15, 0.2) is 30.3 Å². The van der Waals surface area contributed by atoms with Crippen LogP contribution in [-0.4, -0.2) is 17.1 Å². The average molecular weight is 253 g/mol. The molecule has 2 fully saturated rings. The number of nitrogens with zero attached hydrogens (tertiary/aromatic N) is 1. The first-order valence-corrected chi connectivity index (χ1v) is 7.27. The Labute approximate surface area is 113 Å². The lowest BCUT2D eigenvalue weighted by Crippen LogP contribution is -2.17. The highest BCUT2D eigenvalue weighted by molar-refractivity contribution is 5.92. The summed E-state index contributed by atoms with van der Waals surface area (Å²) in [4.78, 5) is 4.81. The molecule has 1 aromatic carbocycles. The maximum absolute atomic E-state index is 4.81. The van der Waals surface area contributed by atoms with E-state index in [4.69, 9.17) is 4.98 Å². The van der Waals surface area contributed by atoms with Crippen molar-refractivity contribution in [3.8, 4) is 0 Å². The van der Waals surface area contributed by atoms with E-state index in [0.717, 1.165) is 24.1 Å². The Hall–Kier alpha value is -1.61. The summed E-state index contributed by atoms with van der Waals surface area (Å²) in [6.07, 6.45) is 5.20. The van der Waals surface area contributed by atoms with E-state index in [1.807, 2.05) is 0 Å². The van der Waals surface area contributed by atoms with E-state index in [9.17, 15) is 0 Å². The molecule has 4 rings (SSSR count). The van der Waals surface area contributed by atoms with Gasteiger partial charge in [-0.3, -0.25) is 0 Å². The Balaban J connectivity index is 1.67. The molecule has 2 N–H and O–H groups in total. The van der Waals surface area contributed by atoms with Crippen LogP contribution in [0.1, 0.15) is 31.4 Å². The average Bonchev–Trinajstić information content (AvgIpc) is 3.31. The normalized spacial score (nSPS) is 18.7. The zero-order valence-corrected chi connectivity index (χ0v) is 11.0. The topological polar surface area (TPSA) is 37.0 Å². The van der Waals surface area contributed by atoms with Gasteiger partial charge in [-0.25, -0.2) is 4.98 Å². The van der Waals surface area contributed by atoms with Gasteiger partial charge < -0.3 is 10.6 Å². The molecular weight excluding hydrogens is 234 g/mol. The van der Waals surface area contributed by atoms with E-state index in [2.05, 4.69) is 41.0 Å². The number of rotatable bonds is 5. The molecule has 2 aliphatic carbocycles. The first-order valence-electron chi connectivity index (χ1n) is 7.27. The number of anilines is 1. The first-order chi connectivity index (χ1) is 9.38. The molecule has 0 bridgehead atoms. The third-order valence-electron chi connectivity index (χ3n) is 3.86. The fourth-order valence-corrected chi connectivity index (χ4v) is 2.41. The van der Waals surface area contributed by atoms with Crippen LogP contribution < -0.4 is 10.6 Å². The lowest BCUT2D eigenvalue weighted by Gasteiger charge is -2.11. The van der Waals surface area contributed by atoms with E-state index in [1.54, 1.807) is 0 Å². The van der Waals surface area contributed by atoms with Gasteiger partial charge in [0, 0.05) is 24.0 Å². The molecule has 2 saturated carbocycles. The highest BCUT2D eigenvalue weighted by Gasteiger charge is 2.23. The highest BCUT2D eigenvalue weighted by atomic mass is 15.1. The van der Waals surface area contributed by atoms with Gasteiger partial charge in [0.1, 0.15) is 5.82 Å². The van der Waals surface area contributed by atoms with E-state index < -0.39 is 0 Å². The van der Waals surface area contributed by atoms with Crippen molar-refractivity contribution in [3.63, 3.8) is 0 Å². The van der Waals surface area contributed by atoms with Gasteiger partial charge in [-0.2, -0.15) is 0 Å². The van der Waals surface area contributed by atoms with E-state index in [-0.39, 0.29) is 0 Å². The molecule has 19 heavy (non-hydrogen) atoms. The van der Waals surface area contributed by atoms with Crippen molar-refractivity contribution < 1.29 is 0 Å². The number of pyridine rings is 1. The van der Waals surface area contributed by atoms with E-state index in [1.165, 1.54) is 36.5 Å². The van der Waals surface area contributed by atoms with Crippen molar-refractivity contribution in [2.45, 2.75) is 44.3 Å². The lowest BCUT2D eigenvalue weighted by atomic mass is 10.1. The van der Waals surface area contributed by atoms with Crippen molar-refractivity contribution >= 4 is 16.6 Å². The molecule has 3 nitrogen and oxygen atoms in total. The van der Waals surface area contributed by atoms with E-state index in [0.29, 0.717) is 6.04 Å². The number of nitrogens with one attached hydrogen (secondary N) is 2. The van der Waals surface area contributed by atoms with Crippen molar-refractivity contribution in [3.05, 3.63) is 36.0 Å². The minimum Gasteiger partial charge on any atom is -0.367 e. The van der Waals surface area contributed by atoms with Crippen molar-refractivity contribution in [1.82, 2.24) is 10.3 Å². The quantitative estimate of drug-likeness (QED) is 0.860. The van der Waals surface area contributed by atoms with Crippen molar-refractivity contribution in [2.24, 2.45) is 0 Å². The summed E-state index contributed by atoms with van der Waals surface area (Å²) in [5, 5.41) is 9.63. The molecule has 0 unspecified atom stereocenters. The van der Waals surface area contributed by atoms with Crippen LogP contribution in [0.25, 0.3) is 10.8 Å². The lowest BCUT2D eigenvalue weighted by molar-refractivity contribution is 0.676. The van der Waals surface area contributed by atoms with Gasteiger partial charge >= 0.3 is 0 Å². The number of fused-ring (bicyclic) bond motifs is 1. The molecule has 1 aromatic heterocycles. The van der Waals surface area contributed by atoms with Crippen LogP contribution in [0.3, 0.4) is 0 Å². The summed E-state index contributed by atoms with van der Waals surface area (Å²) in [6, 6.07) is 12.1. The Morgan fingerprint density at radius 2 is 1.84 bits per heavy atom. The molecule has 0 radical (unpaired) electrons. The summed E-state index contributed by atoms with van der Waals surface area (Å²) >= 11 is 0. The Bertz CT molecular complexity index is 600. The van der Waals surface area contributed by atoms with Gasteiger partial charge in [-0.1, -0.05) is 24.3 Å². The molecule has 0 aliphatic heterocycles. The molecule has 0 spiro atoms. The molecule has 3 heteroatoms. The maximum atomic E-state index is 4.81. The standard InChI is InChI=1S/C16H19N3/c1-2-4-15-11(3-1)9-14(10-17-12-5-6-12)19-16(15)18-13-7-8-13/h1-4,9,12-13,17H,5-8,10H2,(H,18,19). The number of benzene rings is 1.